The number of ether oxygens (including phenoxy) is 2. The van der Waals surface area contributed by atoms with Crippen LogP contribution in [0.15, 0.2) is 0 Å². The lowest BCUT2D eigenvalue weighted by Gasteiger charge is -2.42. The molecule has 6 nitrogen and oxygen atoms in total. The largest absolute Gasteiger partial charge is 0.468 e. The average Bonchev–Trinajstić information content (AvgIpc) is 2.88. The van der Waals surface area contributed by atoms with E-state index in [0.717, 1.165) is 32.2 Å². The summed E-state index contributed by atoms with van der Waals surface area (Å²) < 4.78 is 10.4. The van der Waals surface area contributed by atoms with Crippen molar-refractivity contribution in [1.29, 1.82) is 0 Å². The van der Waals surface area contributed by atoms with E-state index in [4.69, 9.17) is 9.47 Å². The van der Waals surface area contributed by atoms with E-state index in [0.29, 0.717) is 19.1 Å². The zero-order chi connectivity index (χ0) is 17.3. The molecule has 0 spiro atoms. The molecule has 2 rings (SSSR count). The fourth-order valence-electron chi connectivity index (χ4n) is 3.70. The summed E-state index contributed by atoms with van der Waals surface area (Å²) in [5.41, 5.74) is -0.986. The molecule has 0 aromatic carbocycles. The molecule has 0 radical (unpaired) electrons. The standard InChI is InChI=1S/C17H30N2O4/c1-16(2,3)23-15(21)18-11-7-13(8-12-18)19-10-6-9-17(19,4)14(20)22-5/h13H,6-12H2,1-5H3/t17-/m1/s1. The monoisotopic (exact) mass is 326 g/mol. The van der Waals surface area contributed by atoms with Crippen LogP contribution in [0.3, 0.4) is 0 Å². The lowest BCUT2D eigenvalue weighted by molar-refractivity contribution is -0.154. The highest BCUT2D eigenvalue weighted by molar-refractivity contribution is 5.80. The maximum atomic E-state index is 12.2. The molecule has 1 amide bonds. The van der Waals surface area contributed by atoms with Gasteiger partial charge < -0.3 is 14.4 Å². The van der Waals surface area contributed by atoms with Gasteiger partial charge in [0, 0.05) is 19.1 Å². The van der Waals surface area contributed by atoms with E-state index in [9.17, 15) is 9.59 Å². The van der Waals surface area contributed by atoms with E-state index >= 15 is 0 Å². The Bertz CT molecular complexity index is 452. The van der Waals surface area contributed by atoms with E-state index in [2.05, 4.69) is 4.90 Å². The van der Waals surface area contributed by atoms with Crippen molar-refractivity contribution >= 4 is 12.1 Å². The Kier molecular flexibility index (Phi) is 5.23. The topological polar surface area (TPSA) is 59.1 Å². The second-order valence-electron chi connectivity index (χ2n) is 7.76. The minimum atomic E-state index is -0.520. The third-order valence-corrected chi connectivity index (χ3v) is 4.88. The van der Waals surface area contributed by atoms with Gasteiger partial charge in [-0.25, -0.2) is 4.79 Å². The van der Waals surface area contributed by atoms with Gasteiger partial charge in [-0.3, -0.25) is 9.69 Å². The van der Waals surface area contributed by atoms with Crippen molar-refractivity contribution in [3.05, 3.63) is 0 Å². The molecule has 2 aliphatic heterocycles. The van der Waals surface area contributed by atoms with Gasteiger partial charge >= 0.3 is 12.1 Å². The number of esters is 1. The third-order valence-electron chi connectivity index (χ3n) is 4.88. The molecule has 23 heavy (non-hydrogen) atoms. The Morgan fingerprint density at radius 1 is 1.13 bits per heavy atom. The number of carbonyl (C=O) groups excluding carboxylic acids is 2. The van der Waals surface area contributed by atoms with Crippen LogP contribution in [0, 0.1) is 0 Å². The van der Waals surface area contributed by atoms with Crippen LogP contribution in [0.5, 0.6) is 0 Å². The summed E-state index contributed by atoms with van der Waals surface area (Å²) >= 11 is 0. The predicted octanol–water partition coefficient (Wildman–Crippen LogP) is 2.41. The molecular formula is C17H30N2O4. The van der Waals surface area contributed by atoms with Crippen molar-refractivity contribution in [3.63, 3.8) is 0 Å². The van der Waals surface area contributed by atoms with Crippen LogP contribution in [-0.4, -0.2) is 65.8 Å². The van der Waals surface area contributed by atoms with Gasteiger partial charge in [0.1, 0.15) is 11.1 Å². The van der Waals surface area contributed by atoms with E-state index < -0.39 is 11.1 Å². The molecule has 0 N–H and O–H groups in total. The molecular weight excluding hydrogens is 296 g/mol. The van der Waals surface area contributed by atoms with Gasteiger partial charge in [0.15, 0.2) is 0 Å². The number of hydrogen-bond donors (Lipinski definition) is 0. The van der Waals surface area contributed by atoms with E-state index in [-0.39, 0.29) is 12.1 Å². The van der Waals surface area contributed by atoms with Crippen molar-refractivity contribution < 1.29 is 19.1 Å². The third kappa shape index (κ3) is 3.97. The van der Waals surface area contributed by atoms with Crippen LogP contribution < -0.4 is 0 Å². The first-order valence-corrected chi connectivity index (χ1v) is 8.50. The van der Waals surface area contributed by atoms with E-state index in [1.54, 1.807) is 4.90 Å². The van der Waals surface area contributed by atoms with Gasteiger partial charge in [0.05, 0.1) is 7.11 Å². The number of likely N-dealkylation sites (tertiary alicyclic amines) is 2. The summed E-state index contributed by atoms with van der Waals surface area (Å²) in [5.74, 6) is -0.149. The quantitative estimate of drug-likeness (QED) is 0.729. The first-order valence-electron chi connectivity index (χ1n) is 8.50. The second kappa shape index (κ2) is 6.67. The molecule has 0 aromatic heterocycles. The Balaban J connectivity index is 1.94. The number of methoxy groups -OCH3 is 1. The van der Waals surface area contributed by atoms with Gasteiger partial charge in [-0.15, -0.1) is 0 Å². The summed E-state index contributed by atoms with van der Waals surface area (Å²) in [6, 6.07) is 0.320. The number of nitrogens with zero attached hydrogens (tertiary/aromatic N) is 2. The summed E-state index contributed by atoms with van der Waals surface area (Å²) in [5, 5.41) is 0. The molecule has 2 saturated heterocycles. The molecule has 0 saturated carbocycles. The zero-order valence-corrected chi connectivity index (χ0v) is 15.1. The minimum absolute atomic E-state index is 0.149. The number of rotatable bonds is 2. The lowest BCUT2D eigenvalue weighted by Crippen LogP contribution is -2.56. The highest BCUT2D eigenvalue weighted by atomic mass is 16.6. The Morgan fingerprint density at radius 3 is 2.26 bits per heavy atom. The summed E-state index contributed by atoms with van der Waals surface area (Å²) in [6.45, 7) is 9.88. The number of carbonyl (C=O) groups is 2. The lowest BCUT2D eigenvalue weighted by atomic mass is 9.94. The van der Waals surface area contributed by atoms with Crippen LogP contribution in [0.1, 0.15) is 53.4 Å². The maximum absolute atomic E-state index is 12.2. The molecule has 132 valence electrons. The smallest absolute Gasteiger partial charge is 0.410 e. The second-order valence-corrected chi connectivity index (χ2v) is 7.76. The van der Waals surface area contributed by atoms with Crippen LogP contribution in [0.2, 0.25) is 0 Å². The Labute approximate surface area is 139 Å². The van der Waals surface area contributed by atoms with Crippen molar-refractivity contribution in [2.75, 3.05) is 26.7 Å². The van der Waals surface area contributed by atoms with Crippen LogP contribution in [0.25, 0.3) is 0 Å². The highest BCUT2D eigenvalue weighted by Crippen LogP contribution is 2.35. The molecule has 2 fully saturated rings. The Hall–Kier alpha value is -1.30. The molecule has 0 unspecified atom stereocenters. The summed E-state index contributed by atoms with van der Waals surface area (Å²) in [7, 11) is 1.45. The van der Waals surface area contributed by atoms with Gasteiger partial charge in [-0.2, -0.15) is 0 Å². The minimum Gasteiger partial charge on any atom is -0.468 e. The SMILES string of the molecule is COC(=O)[C@@]1(C)CCCN1C1CCN(C(=O)OC(C)(C)C)CC1. The van der Waals surface area contributed by atoms with Crippen molar-refractivity contribution in [1.82, 2.24) is 9.80 Å². The molecule has 1 atom stereocenters. The maximum Gasteiger partial charge on any atom is 0.410 e. The number of hydrogen-bond acceptors (Lipinski definition) is 5. The van der Waals surface area contributed by atoms with Crippen LogP contribution >= 0.6 is 0 Å². The summed E-state index contributed by atoms with van der Waals surface area (Å²) in [4.78, 5) is 28.4. The fourth-order valence-corrected chi connectivity index (χ4v) is 3.70. The van der Waals surface area contributed by atoms with Crippen molar-refractivity contribution in [2.24, 2.45) is 0 Å². The van der Waals surface area contributed by atoms with Crippen LogP contribution in [-0.2, 0) is 14.3 Å². The first-order chi connectivity index (χ1) is 10.7. The van der Waals surface area contributed by atoms with Crippen molar-refractivity contribution in [3.8, 4) is 0 Å². The highest BCUT2D eigenvalue weighted by Gasteiger charge is 2.47. The molecule has 2 aliphatic rings. The van der Waals surface area contributed by atoms with E-state index in [1.807, 2.05) is 27.7 Å². The molecule has 0 bridgehead atoms. The van der Waals surface area contributed by atoms with Gasteiger partial charge in [0.2, 0.25) is 0 Å². The van der Waals surface area contributed by atoms with Gasteiger partial charge in [-0.1, -0.05) is 0 Å². The predicted molar refractivity (Wildman–Crippen MR) is 87.2 cm³/mol. The van der Waals surface area contributed by atoms with Crippen molar-refractivity contribution in [2.45, 2.75) is 70.6 Å². The van der Waals surface area contributed by atoms with Gasteiger partial charge in [-0.05, 0) is 59.9 Å². The Morgan fingerprint density at radius 2 is 1.74 bits per heavy atom. The normalized spacial score (nSPS) is 27.1. The average molecular weight is 326 g/mol. The number of piperidine rings is 1. The number of amides is 1. The zero-order valence-electron chi connectivity index (χ0n) is 15.1. The van der Waals surface area contributed by atoms with E-state index in [1.165, 1.54) is 7.11 Å². The fraction of sp³-hybridized carbons (Fsp3) is 0.882. The molecule has 0 aromatic rings. The summed E-state index contributed by atoms with van der Waals surface area (Å²) in [6.07, 6.45) is 3.34. The molecule has 6 heteroatoms. The molecule has 2 heterocycles. The van der Waals surface area contributed by atoms with Gasteiger partial charge in [0.25, 0.3) is 0 Å². The first kappa shape index (κ1) is 18.0. The van der Waals surface area contributed by atoms with Crippen LogP contribution in [0.4, 0.5) is 4.79 Å². The molecule has 0 aliphatic carbocycles.